The van der Waals surface area contributed by atoms with Gasteiger partial charge in [0.15, 0.2) is 0 Å². The van der Waals surface area contributed by atoms with Gasteiger partial charge in [-0.05, 0) is 56.5 Å². The van der Waals surface area contributed by atoms with Crippen LogP contribution in [0.2, 0.25) is 0 Å². The van der Waals surface area contributed by atoms with Gasteiger partial charge in [0.25, 0.3) is 0 Å². The Kier molecular flexibility index (Phi) is 7.39. The van der Waals surface area contributed by atoms with Gasteiger partial charge >= 0.3 is 0 Å². The largest absolute Gasteiger partial charge is 0.369 e. The molecule has 4 rings (SSSR count). The highest BCUT2D eigenvalue weighted by atomic mass is 15.2. The summed E-state index contributed by atoms with van der Waals surface area (Å²) in [5.41, 5.74) is 3.19. The number of anilines is 4. The average Bonchev–Trinajstić information content (AvgIpc) is 2.83. The smallest absolute Gasteiger partial charge is 0.229 e. The maximum Gasteiger partial charge on any atom is 0.229 e. The van der Waals surface area contributed by atoms with Gasteiger partial charge in [-0.3, -0.25) is 0 Å². The van der Waals surface area contributed by atoms with Gasteiger partial charge in [0.05, 0.1) is 5.52 Å². The minimum absolute atomic E-state index is 0.612. The highest BCUT2D eigenvalue weighted by molar-refractivity contribution is 5.90. The number of fused-ring (bicyclic) bond motifs is 1. The summed E-state index contributed by atoms with van der Waals surface area (Å²) in [5.74, 6) is 1.49. The number of piperazine rings is 1. The molecule has 32 heavy (non-hydrogen) atoms. The molecule has 1 aliphatic rings. The molecule has 0 radical (unpaired) electrons. The first-order valence-electron chi connectivity index (χ1n) is 11.7. The summed E-state index contributed by atoms with van der Waals surface area (Å²) >= 11 is 0. The number of benzene rings is 2. The van der Waals surface area contributed by atoms with E-state index in [0.717, 1.165) is 74.8 Å². The fourth-order valence-electron chi connectivity index (χ4n) is 4.09. The number of para-hydroxylation sites is 1. The van der Waals surface area contributed by atoms with E-state index in [4.69, 9.17) is 9.97 Å². The zero-order valence-electron chi connectivity index (χ0n) is 19.5. The van der Waals surface area contributed by atoms with Gasteiger partial charge in [-0.2, -0.15) is 4.98 Å². The molecule has 170 valence electrons. The van der Waals surface area contributed by atoms with Crippen molar-refractivity contribution < 1.29 is 0 Å². The Morgan fingerprint density at radius 2 is 1.62 bits per heavy atom. The SMILES string of the molecule is CCN(CC)CCNc1nc(Nc2ccc(N3CCN(C)CC3)cc2)nc2ccccc12. The van der Waals surface area contributed by atoms with Gasteiger partial charge in [-0.1, -0.05) is 26.0 Å². The standard InChI is InChI=1S/C25H35N7/c1-4-31(5-2)15-14-26-24-22-8-6-7-9-23(22)28-25(29-24)27-20-10-12-21(13-11-20)32-18-16-30(3)17-19-32/h6-13H,4-5,14-19H2,1-3H3,(H2,26,27,28,29). The van der Waals surface area contributed by atoms with Crippen molar-refractivity contribution in [3.05, 3.63) is 48.5 Å². The molecule has 1 fully saturated rings. The van der Waals surface area contributed by atoms with Crippen molar-refractivity contribution in [2.24, 2.45) is 0 Å². The molecule has 2 aromatic carbocycles. The van der Waals surface area contributed by atoms with Crippen LogP contribution in [0.5, 0.6) is 0 Å². The van der Waals surface area contributed by atoms with Crippen LogP contribution in [0.3, 0.4) is 0 Å². The summed E-state index contributed by atoms with van der Waals surface area (Å²) < 4.78 is 0. The van der Waals surface area contributed by atoms with E-state index in [1.807, 2.05) is 18.2 Å². The second-order valence-electron chi connectivity index (χ2n) is 8.33. The first-order valence-corrected chi connectivity index (χ1v) is 11.7. The van der Waals surface area contributed by atoms with Crippen molar-refractivity contribution in [1.82, 2.24) is 19.8 Å². The van der Waals surface area contributed by atoms with Gasteiger partial charge in [0, 0.05) is 56.0 Å². The number of nitrogens with one attached hydrogen (secondary N) is 2. The summed E-state index contributed by atoms with van der Waals surface area (Å²) in [6.07, 6.45) is 0. The van der Waals surface area contributed by atoms with Crippen LogP contribution < -0.4 is 15.5 Å². The van der Waals surface area contributed by atoms with E-state index in [2.05, 4.69) is 76.6 Å². The third-order valence-electron chi connectivity index (χ3n) is 6.21. The Morgan fingerprint density at radius 3 is 2.34 bits per heavy atom. The van der Waals surface area contributed by atoms with Crippen LogP contribution in [-0.4, -0.2) is 79.2 Å². The Balaban J connectivity index is 1.47. The van der Waals surface area contributed by atoms with E-state index >= 15 is 0 Å². The lowest BCUT2D eigenvalue weighted by atomic mass is 10.2. The van der Waals surface area contributed by atoms with Crippen molar-refractivity contribution in [1.29, 1.82) is 0 Å². The van der Waals surface area contributed by atoms with Gasteiger partial charge < -0.3 is 25.3 Å². The molecule has 3 aromatic rings. The number of likely N-dealkylation sites (N-methyl/N-ethyl adjacent to an activating group) is 2. The van der Waals surface area contributed by atoms with Gasteiger partial charge in [0.2, 0.25) is 5.95 Å². The molecule has 7 heteroatoms. The zero-order chi connectivity index (χ0) is 22.3. The summed E-state index contributed by atoms with van der Waals surface area (Å²) in [6.45, 7) is 12.7. The fourth-order valence-corrected chi connectivity index (χ4v) is 4.09. The minimum Gasteiger partial charge on any atom is -0.369 e. The van der Waals surface area contributed by atoms with Crippen LogP contribution >= 0.6 is 0 Å². The Morgan fingerprint density at radius 1 is 0.906 bits per heavy atom. The number of hydrogen-bond acceptors (Lipinski definition) is 7. The summed E-state index contributed by atoms with van der Waals surface area (Å²) in [6, 6.07) is 16.7. The molecule has 0 unspecified atom stereocenters. The predicted molar refractivity (Wildman–Crippen MR) is 135 cm³/mol. The summed E-state index contributed by atoms with van der Waals surface area (Å²) in [4.78, 5) is 16.7. The number of rotatable bonds is 9. The van der Waals surface area contributed by atoms with E-state index in [9.17, 15) is 0 Å². The molecular weight excluding hydrogens is 398 g/mol. The summed E-state index contributed by atoms with van der Waals surface area (Å²) in [5, 5.41) is 7.97. The van der Waals surface area contributed by atoms with E-state index in [1.54, 1.807) is 0 Å². The molecule has 0 saturated carbocycles. The first-order chi connectivity index (χ1) is 15.7. The highest BCUT2D eigenvalue weighted by Crippen LogP contribution is 2.25. The van der Waals surface area contributed by atoms with Crippen molar-refractivity contribution in [2.75, 3.05) is 74.9 Å². The van der Waals surface area contributed by atoms with Crippen molar-refractivity contribution in [3.63, 3.8) is 0 Å². The molecule has 0 atom stereocenters. The lowest BCUT2D eigenvalue weighted by Gasteiger charge is -2.34. The second-order valence-corrected chi connectivity index (χ2v) is 8.33. The van der Waals surface area contributed by atoms with Crippen LogP contribution in [0.25, 0.3) is 10.9 Å². The maximum absolute atomic E-state index is 4.80. The van der Waals surface area contributed by atoms with Crippen LogP contribution in [-0.2, 0) is 0 Å². The molecule has 1 aliphatic heterocycles. The third-order valence-corrected chi connectivity index (χ3v) is 6.21. The maximum atomic E-state index is 4.80. The highest BCUT2D eigenvalue weighted by Gasteiger charge is 2.14. The third kappa shape index (κ3) is 5.47. The molecule has 2 N–H and O–H groups in total. The van der Waals surface area contributed by atoms with E-state index in [1.165, 1.54) is 5.69 Å². The molecule has 0 spiro atoms. The van der Waals surface area contributed by atoms with Crippen molar-refractivity contribution in [2.45, 2.75) is 13.8 Å². The van der Waals surface area contributed by atoms with Gasteiger partial charge in [0.1, 0.15) is 5.82 Å². The molecule has 7 nitrogen and oxygen atoms in total. The predicted octanol–water partition coefficient (Wildman–Crippen LogP) is 3.88. The fraction of sp³-hybridized carbons (Fsp3) is 0.440. The van der Waals surface area contributed by atoms with E-state index < -0.39 is 0 Å². The van der Waals surface area contributed by atoms with E-state index in [0.29, 0.717) is 5.95 Å². The average molecular weight is 434 g/mol. The van der Waals surface area contributed by atoms with Crippen LogP contribution in [0.1, 0.15) is 13.8 Å². The van der Waals surface area contributed by atoms with Crippen molar-refractivity contribution >= 4 is 34.0 Å². The van der Waals surface area contributed by atoms with Crippen LogP contribution in [0.15, 0.2) is 48.5 Å². The topological polar surface area (TPSA) is 59.6 Å². The minimum atomic E-state index is 0.612. The summed E-state index contributed by atoms with van der Waals surface area (Å²) in [7, 11) is 2.18. The molecule has 2 heterocycles. The molecule has 0 bridgehead atoms. The molecule has 1 saturated heterocycles. The molecule has 0 amide bonds. The zero-order valence-corrected chi connectivity index (χ0v) is 19.5. The van der Waals surface area contributed by atoms with Gasteiger partial charge in [-0.25, -0.2) is 4.98 Å². The lowest BCUT2D eigenvalue weighted by molar-refractivity contribution is 0.313. The molecular formula is C25H35N7. The number of hydrogen-bond donors (Lipinski definition) is 2. The monoisotopic (exact) mass is 433 g/mol. The Hall–Kier alpha value is -2.90. The molecule has 0 aliphatic carbocycles. The number of aromatic nitrogens is 2. The number of nitrogens with zero attached hydrogens (tertiary/aromatic N) is 5. The molecule has 1 aromatic heterocycles. The van der Waals surface area contributed by atoms with Gasteiger partial charge in [-0.15, -0.1) is 0 Å². The van der Waals surface area contributed by atoms with Crippen LogP contribution in [0, 0.1) is 0 Å². The normalized spacial score (nSPS) is 14.8. The van der Waals surface area contributed by atoms with Crippen molar-refractivity contribution in [3.8, 4) is 0 Å². The lowest BCUT2D eigenvalue weighted by Crippen LogP contribution is -2.44. The van der Waals surface area contributed by atoms with Crippen LogP contribution in [0.4, 0.5) is 23.1 Å². The first kappa shape index (κ1) is 22.3. The van der Waals surface area contributed by atoms with E-state index in [-0.39, 0.29) is 0 Å². The Bertz CT molecular complexity index is 993. The second kappa shape index (κ2) is 10.6. The Labute approximate surface area is 191 Å². The quantitative estimate of drug-likeness (QED) is 0.531.